The molecule has 0 spiro atoms. The average Bonchev–Trinajstić information content (AvgIpc) is 2.53. The van der Waals surface area contributed by atoms with Gasteiger partial charge in [0, 0.05) is 6.04 Å². The van der Waals surface area contributed by atoms with Crippen molar-refractivity contribution in [2.45, 2.75) is 18.6 Å². The largest absolute Gasteiger partial charge is 0.497 e. The first kappa shape index (κ1) is 15.4. The number of methoxy groups -OCH3 is 2. The zero-order valence-electron chi connectivity index (χ0n) is 12.5. The van der Waals surface area contributed by atoms with Crippen LogP contribution in [0.1, 0.15) is 18.1 Å². The second-order valence-electron chi connectivity index (χ2n) is 5.02. The summed E-state index contributed by atoms with van der Waals surface area (Å²) in [5, 5.41) is 11.2. The van der Waals surface area contributed by atoms with E-state index < -0.39 is 11.6 Å². The lowest BCUT2D eigenvalue weighted by Crippen LogP contribution is -2.44. The van der Waals surface area contributed by atoms with Gasteiger partial charge in [0.1, 0.15) is 17.1 Å². The summed E-state index contributed by atoms with van der Waals surface area (Å²) in [7, 11) is 3.19. The molecule has 4 nitrogen and oxygen atoms in total. The van der Waals surface area contributed by atoms with E-state index in [-0.39, 0.29) is 0 Å². The Morgan fingerprint density at radius 3 is 1.71 bits per heavy atom. The summed E-state index contributed by atoms with van der Waals surface area (Å²) in [5.74, 6) is 1.35. The summed E-state index contributed by atoms with van der Waals surface area (Å²) in [6.07, 6.45) is 0. The monoisotopic (exact) mass is 287 g/mol. The predicted octanol–water partition coefficient (Wildman–Crippen LogP) is 2.29. The van der Waals surface area contributed by atoms with Gasteiger partial charge in [-0.2, -0.15) is 0 Å². The van der Waals surface area contributed by atoms with Gasteiger partial charge in [0.15, 0.2) is 0 Å². The van der Waals surface area contributed by atoms with Crippen molar-refractivity contribution in [3.8, 4) is 11.5 Å². The second-order valence-corrected chi connectivity index (χ2v) is 5.02. The fourth-order valence-electron chi connectivity index (χ4n) is 2.41. The van der Waals surface area contributed by atoms with Gasteiger partial charge in [-0.25, -0.2) is 0 Å². The summed E-state index contributed by atoms with van der Waals surface area (Å²) in [6.45, 7) is 1.78. The lowest BCUT2D eigenvalue weighted by Gasteiger charge is -2.33. The van der Waals surface area contributed by atoms with Crippen LogP contribution in [0.15, 0.2) is 48.5 Å². The quantitative estimate of drug-likeness (QED) is 0.885. The fraction of sp³-hybridized carbons (Fsp3) is 0.294. The van der Waals surface area contributed by atoms with Crippen LogP contribution in [-0.2, 0) is 5.60 Å². The van der Waals surface area contributed by atoms with Crippen molar-refractivity contribution in [2.24, 2.45) is 5.73 Å². The molecule has 0 heterocycles. The highest BCUT2D eigenvalue weighted by molar-refractivity contribution is 5.43. The summed E-state index contributed by atoms with van der Waals surface area (Å²) in [5.41, 5.74) is 6.14. The van der Waals surface area contributed by atoms with Crippen molar-refractivity contribution < 1.29 is 14.6 Å². The van der Waals surface area contributed by atoms with Crippen molar-refractivity contribution in [1.29, 1.82) is 0 Å². The van der Waals surface area contributed by atoms with Crippen LogP contribution < -0.4 is 15.2 Å². The van der Waals surface area contributed by atoms with Gasteiger partial charge in [0.05, 0.1) is 14.2 Å². The normalized spacial score (nSPS) is 12.8. The third-order valence-corrected chi connectivity index (χ3v) is 3.68. The molecule has 2 rings (SSSR count). The van der Waals surface area contributed by atoms with Crippen LogP contribution in [0.4, 0.5) is 0 Å². The molecule has 0 saturated heterocycles. The van der Waals surface area contributed by atoms with Crippen LogP contribution >= 0.6 is 0 Å². The Morgan fingerprint density at radius 2 is 1.38 bits per heavy atom. The number of nitrogens with two attached hydrogens (primary N) is 1. The minimum atomic E-state index is -1.32. The summed E-state index contributed by atoms with van der Waals surface area (Å²) in [4.78, 5) is 0. The van der Waals surface area contributed by atoms with E-state index in [0.717, 1.165) is 0 Å². The molecule has 3 N–H and O–H groups in total. The molecule has 0 aliphatic carbocycles. The highest BCUT2D eigenvalue weighted by atomic mass is 16.5. The minimum absolute atomic E-state index is 0.503. The lowest BCUT2D eigenvalue weighted by molar-refractivity contribution is 0.0574. The maximum atomic E-state index is 11.2. The molecule has 21 heavy (non-hydrogen) atoms. The van der Waals surface area contributed by atoms with Crippen molar-refractivity contribution >= 4 is 0 Å². The van der Waals surface area contributed by atoms with E-state index in [9.17, 15) is 5.11 Å². The van der Waals surface area contributed by atoms with E-state index in [1.807, 2.05) is 36.4 Å². The molecule has 0 aliphatic rings. The molecule has 112 valence electrons. The van der Waals surface area contributed by atoms with Crippen LogP contribution in [0.3, 0.4) is 0 Å². The molecule has 1 unspecified atom stereocenters. The van der Waals surface area contributed by atoms with Crippen LogP contribution in [0.2, 0.25) is 0 Å². The molecule has 4 heteroatoms. The van der Waals surface area contributed by atoms with Gasteiger partial charge in [-0.3, -0.25) is 0 Å². The summed E-state index contributed by atoms with van der Waals surface area (Å²) in [6, 6.07) is 14.1. The zero-order valence-corrected chi connectivity index (χ0v) is 12.5. The van der Waals surface area contributed by atoms with Gasteiger partial charge < -0.3 is 20.3 Å². The minimum Gasteiger partial charge on any atom is -0.497 e. The van der Waals surface area contributed by atoms with Gasteiger partial charge in [0.2, 0.25) is 0 Å². The second kappa shape index (κ2) is 6.16. The molecule has 0 amide bonds. The molecule has 2 aromatic carbocycles. The standard InChI is InChI=1S/C17H21NO3/c1-12(18)17(19,13-6-4-8-15(10-13)20-2)14-7-5-9-16(11-14)21-3/h4-12,19H,18H2,1-3H3. The van der Waals surface area contributed by atoms with Crippen LogP contribution in [0.5, 0.6) is 11.5 Å². The van der Waals surface area contributed by atoms with Crippen molar-refractivity contribution in [3.05, 3.63) is 59.7 Å². The van der Waals surface area contributed by atoms with E-state index in [1.165, 1.54) is 0 Å². The van der Waals surface area contributed by atoms with Crippen molar-refractivity contribution in [1.82, 2.24) is 0 Å². The lowest BCUT2D eigenvalue weighted by atomic mass is 9.81. The molecular weight excluding hydrogens is 266 g/mol. The van der Waals surface area contributed by atoms with Gasteiger partial charge in [0.25, 0.3) is 0 Å². The van der Waals surface area contributed by atoms with Crippen LogP contribution in [0.25, 0.3) is 0 Å². The molecule has 0 aliphatic heterocycles. The first-order chi connectivity index (χ1) is 10.0. The topological polar surface area (TPSA) is 64.7 Å². The van der Waals surface area contributed by atoms with Gasteiger partial charge in [-0.05, 0) is 42.3 Å². The molecule has 0 saturated carbocycles. The van der Waals surface area contributed by atoms with Gasteiger partial charge in [-0.1, -0.05) is 24.3 Å². The summed E-state index contributed by atoms with van der Waals surface area (Å²) >= 11 is 0. The van der Waals surface area contributed by atoms with Crippen molar-refractivity contribution in [3.63, 3.8) is 0 Å². The molecule has 0 aromatic heterocycles. The van der Waals surface area contributed by atoms with E-state index >= 15 is 0 Å². The van der Waals surface area contributed by atoms with Crippen LogP contribution in [-0.4, -0.2) is 25.4 Å². The smallest absolute Gasteiger partial charge is 0.130 e. The van der Waals surface area contributed by atoms with E-state index in [0.29, 0.717) is 22.6 Å². The fourth-order valence-corrected chi connectivity index (χ4v) is 2.41. The number of rotatable bonds is 5. The number of aliphatic hydroxyl groups is 1. The maximum absolute atomic E-state index is 11.2. The average molecular weight is 287 g/mol. The Labute approximate surface area is 125 Å². The van der Waals surface area contributed by atoms with Crippen molar-refractivity contribution in [2.75, 3.05) is 14.2 Å². The number of hydrogen-bond acceptors (Lipinski definition) is 4. The summed E-state index contributed by atoms with van der Waals surface area (Å²) < 4.78 is 10.5. The number of ether oxygens (including phenoxy) is 2. The highest BCUT2D eigenvalue weighted by Crippen LogP contribution is 2.35. The maximum Gasteiger partial charge on any atom is 0.130 e. The Morgan fingerprint density at radius 1 is 0.952 bits per heavy atom. The zero-order chi connectivity index (χ0) is 15.5. The van der Waals surface area contributed by atoms with E-state index in [4.69, 9.17) is 15.2 Å². The van der Waals surface area contributed by atoms with E-state index in [2.05, 4.69) is 0 Å². The number of benzene rings is 2. The number of hydrogen-bond donors (Lipinski definition) is 2. The molecule has 1 atom stereocenters. The third-order valence-electron chi connectivity index (χ3n) is 3.68. The molecule has 2 aromatic rings. The van der Waals surface area contributed by atoms with Gasteiger partial charge >= 0.3 is 0 Å². The Hall–Kier alpha value is -2.04. The molecular formula is C17H21NO3. The molecule has 0 radical (unpaired) electrons. The Bertz CT molecular complexity index is 563. The predicted molar refractivity (Wildman–Crippen MR) is 82.6 cm³/mol. The van der Waals surface area contributed by atoms with Crippen LogP contribution in [0, 0.1) is 0 Å². The SMILES string of the molecule is COc1cccc(C(O)(c2cccc(OC)c2)C(C)N)c1. The molecule has 0 bridgehead atoms. The van der Waals surface area contributed by atoms with E-state index in [1.54, 1.807) is 33.3 Å². The Kier molecular flexibility index (Phi) is 4.50. The van der Waals surface area contributed by atoms with Gasteiger partial charge in [-0.15, -0.1) is 0 Å². The first-order valence-corrected chi connectivity index (χ1v) is 6.79. The third kappa shape index (κ3) is 2.86. The molecule has 0 fully saturated rings. The highest BCUT2D eigenvalue weighted by Gasteiger charge is 2.36. The first-order valence-electron chi connectivity index (χ1n) is 6.79. The Balaban J connectivity index is 2.58.